The summed E-state index contributed by atoms with van der Waals surface area (Å²) in [5, 5.41) is 0. The Labute approximate surface area is 66.6 Å². The van der Waals surface area contributed by atoms with Crippen LogP contribution in [0.4, 0.5) is 0 Å². The molecule has 0 aromatic carbocycles. The minimum atomic E-state index is -3.24. The number of rotatable bonds is 4. The van der Waals surface area contributed by atoms with Gasteiger partial charge in [0.05, 0.1) is 26.1 Å². The van der Waals surface area contributed by atoms with Crippen molar-refractivity contribution >= 4 is 10.1 Å². The van der Waals surface area contributed by atoms with Gasteiger partial charge in [-0.3, -0.25) is 4.18 Å². The highest BCUT2D eigenvalue weighted by atomic mass is 32.2. The van der Waals surface area contributed by atoms with Gasteiger partial charge in [-0.05, 0) is 6.42 Å². The molecule has 0 radical (unpaired) electrons. The maximum atomic E-state index is 10.5. The lowest BCUT2D eigenvalue weighted by Crippen LogP contribution is -2.28. The summed E-state index contributed by atoms with van der Waals surface area (Å²) in [6, 6.07) is 0. The van der Waals surface area contributed by atoms with Crippen LogP contribution in [0.15, 0.2) is 0 Å². The van der Waals surface area contributed by atoms with Crippen molar-refractivity contribution in [1.82, 2.24) is 0 Å². The average molecular weight is 180 g/mol. The number of hydrogen-bond donors (Lipinski definition) is 0. The summed E-state index contributed by atoms with van der Waals surface area (Å²) in [6.45, 7) is 1.77. The molecule has 0 atom stereocenters. The van der Waals surface area contributed by atoms with Crippen LogP contribution in [0.2, 0.25) is 0 Å². The highest BCUT2D eigenvalue weighted by Gasteiger charge is 2.18. The normalized spacial score (nSPS) is 19.7. The van der Waals surface area contributed by atoms with Crippen molar-refractivity contribution in [3.05, 3.63) is 0 Å². The molecule has 0 N–H and O–H groups in total. The van der Waals surface area contributed by atoms with E-state index in [9.17, 15) is 8.42 Å². The molecule has 0 aliphatic carbocycles. The van der Waals surface area contributed by atoms with E-state index in [1.54, 1.807) is 0 Å². The Hall–Kier alpha value is -0.130. The third kappa shape index (κ3) is 3.69. The molecular formula is C6H12O4S. The van der Waals surface area contributed by atoms with Crippen molar-refractivity contribution in [2.75, 3.05) is 26.1 Å². The molecule has 4 nitrogen and oxygen atoms in total. The van der Waals surface area contributed by atoms with Gasteiger partial charge >= 0.3 is 0 Å². The Bertz CT molecular complexity index is 205. The van der Waals surface area contributed by atoms with Gasteiger partial charge in [0.15, 0.2) is 0 Å². The predicted molar refractivity (Wildman–Crippen MR) is 39.7 cm³/mol. The summed E-state index contributed by atoms with van der Waals surface area (Å²) in [7, 11) is -3.24. The first kappa shape index (κ1) is 8.96. The van der Waals surface area contributed by atoms with Crippen LogP contribution in [-0.4, -0.2) is 34.5 Å². The summed E-state index contributed by atoms with van der Waals surface area (Å²) in [5.74, 6) is 0.497. The minimum Gasteiger partial charge on any atom is -0.381 e. The van der Waals surface area contributed by atoms with E-state index in [1.165, 1.54) is 0 Å². The lowest BCUT2D eigenvalue weighted by molar-refractivity contribution is -0.0398. The molecular weight excluding hydrogens is 168 g/mol. The zero-order valence-electron chi connectivity index (χ0n) is 6.45. The third-order valence-corrected chi connectivity index (χ3v) is 2.13. The van der Waals surface area contributed by atoms with Crippen LogP contribution in [-0.2, 0) is 19.0 Å². The fourth-order valence-electron chi connectivity index (χ4n) is 0.817. The molecule has 0 aromatic heterocycles. The van der Waals surface area contributed by atoms with Crippen molar-refractivity contribution in [3.63, 3.8) is 0 Å². The van der Waals surface area contributed by atoms with Gasteiger partial charge in [-0.1, -0.05) is 0 Å². The summed E-state index contributed by atoms with van der Waals surface area (Å²) < 4.78 is 30.4. The molecule has 0 bridgehead atoms. The van der Waals surface area contributed by atoms with E-state index >= 15 is 0 Å². The second-order valence-electron chi connectivity index (χ2n) is 2.72. The molecule has 1 heterocycles. The molecule has 1 aliphatic rings. The third-order valence-electron chi connectivity index (χ3n) is 1.53. The molecule has 1 fully saturated rings. The average Bonchev–Trinajstić information content (AvgIpc) is 1.73. The number of ether oxygens (including phenoxy) is 1. The molecule has 11 heavy (non-hydrogen) atoms. The maximum absolute atomic E-state index is 10.5. The minimum absolute atomic E-state index is 0.285. The van der Waals surface area contributed by atoms with Gasteiger partial charge in [0, 0.05) is 5.92 Å². The van der Waals surface area contributed by atoms with Crippen LogP contribution in [0.3, 0.4) is 0 Å². The predicted octanol–water partition coefficient (Wildman–Crippen LogP) is -0.000900. The van der Waals surface area contributed by atoms with E-state index in [-0.39, 0.29) is 6.61 Å². The van der Waals surface area contributed by atoms with E-state index in [1.807, 2.05) is 0 Å². The second-order valence-corrected chi connectivity index (χ2v) is 4.36. The lowest BCUT2D eigenvalue weighted by Gasteiger charge is -2.25. The van der Waals surface area contributed by atoms with Crippen LogP contribution in [0.25, 0.3) is 0 Å². The zero-order valence-corrected chi connectivity index (χ0v) is 7.26. The van der Waals surface area contributed by atoms with Gasteiger partial charge in [-0.15, -0.1) is 0 Å². The first-order valence-electron chi connectivity index (χ1n) is 3.50. The largest absolute Gasteiger partial charge is 0.381 e. The Balaban J connectivity index is 2.04. The first-order chi connectivity index (χ1) is 5.08. The van der Waals surface area contributed by atoms with Gasteiger partial charge in [0.25, 0.3) is 10.1 Å². The molecule has 0 spiro atoms. The standard InChI is InChI=1S/C6H12O4S/c1-11(7,8)10-3-2-6-4-9-5-6/h6H,2-5H2,1H3. The summed E-state index contributed by atoms with van der Waals surface area (Å²) in [5.41, 5.74) is 0. The second kappa shape index (κ2) is 3.51. The van der Waals surface area contributed by atoms with Crippen LogP contribution in [0.1, 0.15) is 6.42 Å². The Morgan fingerprint density at radius 3 is 2.55 bits per heavy atom. The van der Waals surface area contributed by atoms with Crippen molar-refractivity contribution in [3.8, 4) is 0 Å². The van der Waals surface area contributed by atoms with E-state index in [4.69, 9.17) is 4.74 Å². The highest BCUT2D eigenvalue weighted by molar-refractivity contribution is 7.85. The first-order valence-corrected chi connectivity index (χ1v) is 5.32. The molecule has 66 valence electrons. The van der Waals surface area contributed by atoms with Crippen molar-refractivity contribution < 1.29 is 17.3 Å². The SMILES string of the molecule is CS(=O)(=O)OCCC1COC1. The van der Waals surface area contributed by atoms with Crippen LogP contribution in [0.5, 0.6) is 0 Å². The van der Waals surface area contributed by atoms with Crippen molar-refractivity contribution in [1.29, 1.82) is 0 Å². The molecule has 1 aliphatic heterocycles. The smallest absolute Gasteiger partial charge is 0.264 e. The fourth-order valence-corrected chi connectivity index (χ4v) is 1.22. The summed E-state index contributed by atoms with van der Waals surface area (Å²) in [6.07, 6.45) is 1.83. The van der Waals surface area contributed by atoms with E-state index in [0.717, 1.165) is 25.9 Å². The van der Waals surface area contributed by atoms with Gasteiger partial charge in [-0.25, -0.2) is 0 Å². The molecule has 0 saturated carbocycles. The van der Waals surface area contributed by atoms with Crippen molar-refractivity contribution in [2.45, 2.75) is 6.42 Å². The summed E-state index contributed by atoms with van der Waals surface area (Å²) >= 11 is 0. The maximum Gasteiger partial charge on any atom is 0.264 e. The number of hydrogen-bond acceptors (Lipinski definition) is 4. The molecule has 0 aromatic rings. The summed E-state index contributed by atoms with van der Waals surface area (Å²) in [4.78, 5) is 0. The van der Waals surface area contributed by atoms with E-state index in [0.29, 0.717) is 5.92 Å². The van der Waals surface area contributed by atoms with E-state index < -0.39 is 10.1 Å². The Kier molecular flexibility index (Phi) is 2.86. The van der Waals surface area contributed by atoms with Crippen LogP contribution >= 0.6 is 0 Å². The molecule has 0 amide bonds. The fraction of sp³-hybridized carbons (Fsp3) is 1.00. The Morgan fingerprint density at radius 2 is 2.18 bits per heavy atom. The molecule has 5 heteroatoms. The quantitative estimate of drug-likeness (QED) is 0.571. The Morgan fingerprint density at radius 1 is 1.55 bits per heavy atom. The lowest BCUT2D eigenvalue weighted by atomic mass is 10.1. The van der Waals surface area contributed by atoms with Crippen LogP contribution in [0, 0.1) is 5.92 Å². The van der Waals surface area contributed by atoms with Crippen molar-refractivity contribution in [2.24, 2.45) is 5.92 Å². The molecule has 1 rings (SSSR count). The van der Waals surface area contributed by atoms with Gasteiger partial charge in [0.2, 0.25) is 0 Å². The van der Waals surface area contributed by atoms with Gasteiger partial charge in [0.1, 0.15) is 0 Å². The van der Waals surface area contributed by atoms with Gasteiger partial charge in [-0.2, -0.15) is 8.42 Å². The van der Waals surface area contributed by atoms with E-state index in [2.05, 4.69) is 4.18 Å². The van der Waals surface area contributed by atoms with Crippen LogP contribution < -0.4 is 0 Å². The highest BCUT2D eigenvalue weighted by Crippen LogP contribution is 2.14. The van der Waals surface area contributed by atoms with Gasteiger partial charge < -0.3 is 4.74 Å². The zero-order chi connectivity index (χ0) is 8.32. The topological polar surface area (TPSA) is 52.6 Å². The molecule has 1 saturated heterocycles. The molecule has 0 unspecified atom stereocenters. The monoisotopic (exact) mass is 180 g/mol.